The summed E-state index contributed by atoms with van der Waals surface area (Å²) in [5.41, 5.74) is 12.5. The van der Waals surface area contributed by atoms with Gasteiger partial charge in [-0.3, -0.25) is 4.98 Å². The van der Waals surface area contributed by atoms with E-state index in [9.17, 15) is 20.2 Å². The fourth-order valence-corrected chi connectivity index (χ4v) is 7.48. The second-order valence-electron chi connectivity index (χ2n) is 16.8. The van der Waals surface area contributed by atoms with E-state index in [1.54, 1.807) is 6.20 Å². The van der Waals surface area contributed by atoms with Crippen molar-refractivity contribution in [2.45, 2.75) is 178 Å². The van der Waals surface area contributed by atoms with Crippen LogP contribution < -0.4 is 0 Å². The van der Waals surface area contributed by atoms with Crippen LogP contribution in [0, 0.1) is 39.8 Å². The van der Waals surface area contributed by atoms with Crippen molar-refractivity contribution in [1.82, 2.24) is 4.98 Å². The van der Waals surface area contributed by atoms with Crippen molar-refractivity contribution in [2.75, 3.05) is 0 Å². The number of pyridine rings is 1. The summed E-state index contributed by atoms with van der Waals surface area (Å²) in [5.74, 6) is 2.90. The molecule has 2 aromatic carbocycles. The monoisotopic (exact) mass is 707 g/mol. The first-order valence-corrected chi connectivity index (χ1v) is 19.4. The van der Waals surface area contributed by atoms with Crippen molar-refractivity contribution in [3.05, 3.63) is 97.1 Å². The van der Waals surface area contributed by atoms with Crippen LogP contribution in [-0.2, 0) is 0 Å². The van der Waals surface area contributed by atoms with E-state index in [0.29, 0.717) is 41.1 Å². The zero-order valence-corrected chi connectivity index (χ0v) is 35.7. The lowest BCUT2D eigenvalue weighted by atomic mass is 9.80. The fraction of sp³-hybridized carbons (Fsp3) is 0.574. The van der Waals surface area contributed by atoms with Crippen molar-refractivity contribution in [3.63, 3.8) is 0 Å². The Morgan fingerprint density at radius 2 is 0.808 bits per heavy atom. The fourth-order valence-electron chi connectivity index (χ4n) is 7.48. The Labute approximate surface area is 317 Å². The molecule has 52 heavy (non-hydrogen) atoms. The summed E-state index contributed by atoms with van der Waals surface area (Å²) in [7, 11) is 0. The number of hydrogen-bond donors (Lipinski definition) is 0. The second kappa shape index (κ2) is 20.3. The van der Waals surface area contributed by atoms with Crippen molar-refractivity contribution in [1.29, 1.82) is 15.8 Å². The molecule has 1 aromatic heterocycles. The third-order valence-corrected chi connectivity index (χ3v) is 9.48. The van der Waals surface area contributed by atoms with Crippen molar-refractivity contribution >= 4 is 0 Å². The molecule has 0 spiro atoms. The highest BCUT2D eigenvalue weighted by Crippen LogP contribution is 2.38. The summed E-state index contributed by atoms with van der Waals surface area (Å²) in [6.07, 6.45) is 1.73. The molecule has 0 aliphatic carbocycles. The first kappa shape index (κ1) is 46.0. The Hall–Kier alpha value is -4.01. The van der Waals surface area contributed by atoms with Gasteiger partial charge in [0, 0.05) is 11.9 Å². The van der Waals surface area contributed by atoms with Crippen molar-refractivity contribution in [3.8, 4) is 18.2 Å². The van der Waals surface area contributed by atoms with E-state index in [-0.39, 0.29) is 23.6 Å². The predicted octanol–water partition coefficient (Wildman–Crippen LogP) is 14.3. The molecule has 0 saturated carbocycles. The van der Waals surface area contributed by atoms with Crippen LogP contribution in [0.15, 0.2) is 24.4 Å². The number of halogens is 1. The maximum Gasteiger partial charge on any atom is 0.128 e. The molecule has 0 radical (unpaired) electrons. The number of nitrogens with zero attached hydrogens (tertiary/aromatic N) is 4. The average Bonchev–Trinajstić information content (AvgIpc) is 3.05. The highest BCUT2D eigenvalue weighted by atomic mass is 19.1. The van der Waals surface area contributed by atoms with Crippen LogP contribution in [0.1, 0.15) is 245 Å². The third kappa shape index (κ3) is 11.0. The first-order chi connectivity index (χ1) is 24.1. The minimum atomic E-state index is -0.241. The average molecular weight is 707 g/mol. The topological polar surface area (TPSA) is 84.3 Å². The largest absolute Gasteiger partial charge is 0.259 e. The Kier molecular flexibility index (Phi) is 18.0. The summed E-state index contributed by atoms with van der Waals surface area (Å²) >= 11 is 0. The Bertz CT molecular complexity index is 1680. The number of hydrogen-bond acceptors (Lipinski definition) is 4. The van der Waals surface area contributed by atoms with Crippen LogP contribution in [0.2, 0.25) is 0 Å². The van der Waals surface area contributed by atoms with Gasteiger partial charge in [-0.15, -0.1) is 0 Å². The molecule has 0 amide bonds. The molecular formula is C47H67FN4. The molecule has 4 nitrogen and oxygen atoms in total. The minimum absolute atomic E-state index is 0.132. The zero-order valence-electron chi connectivity index (χ0n) is 35.7. The van der Waals surface area contributed by atoms with Gasteiger partial charge in [-0.25, -0.2) is 4.39 Å². The Balaban J connectivity index is 0.000000390. The summed E-state index contributed by atoms with van der Waals surface area (Å²) in [6.45, 7) is 38.4. The van der Waals surface area contributed by atoms with Crippen LogP contribution in [0.4, 0.5) is 4.39 Å². The van der Waals surface area contributed by atoms with E-state index in [0.717, 1.165) is 33.5 Å². The molecule has 3 rings (SSSR count). The molecular weight excluding hydrogens is 640 g/mol. The predicted molar refractivity (Wildman–Crippen MR) is 218 cm³/mol. The number of benzene rings is 2. The molecule has 5 heteroatoms. The van der Waals surface area contributed by atoms with Crippen LogP contribution in [0.5, 0.6) is 0 Å². The summed E-state index contributed by atoms with van der Waals surface area (Å²) in [5, 5.41) is 27.7. The van der Waals surface area contributed by atoms with Gasteiger partial charge in [0.2, 0.25) is 0 Å². The molecule has 0 saturated heterocycles. The van der Waals surface area contributed by atoms with E-state index in [1.807, 2.05) is 19.9 Å². The first-order valence-electron chi connectivity index (χ1n) is 19.4. The molecule has 0 atom stereocenters. The molecule has 0 N–H and O–H groups in total. The van der Waals surface area contributed by atoms with Crippen molar-refractivity contribution < 1.29 is 4.39 Å². The SMILES string of the molecule is CC(C)c1c(F)cc(C#N)c(C(C)C)c1C(C)C.CC(C)c1ccc(C#N)c(C(C)C)c1C(C)C.CC(C)c1ncc(C#N)c(C(C)C)c1C(C)C. The van der Waals surface area contributed by atoms with E-state index in [4.69, 9.17) is 0 Å². The molecule has 0 fully saturated rings. The second-order valence-corrected chi connectivity index (χ2v) is 16.8. The zero-order chi connectivity index (χ0) is 40.4. The van der Waals surface area contributed by atoms with E-state index in [2.05, 4.69) is 140 Å². The minimum Gasteiger partial charge on any atom is -0.259 e. The maximum atomic E-state index is 14.2. The lowest BCUT2D eigenvalue weighted by Crippen LogP contribution is -2.10. The van der Waals surface area contributed by atoms with E-state index in [1.165, 1.54) is 33.9 Å². The molecule has 0 bridgehead atoms. The van der Waals surface area contributed by atoms with Gasteiger partial charge >= 0.3 is 0 Å². The molecule has 0 unspecified atom stereocenters. The van der Waals surface area contributed by atoms with Gasteiger partial charge in [0.25, 0.3) is 0 Å². The molecule has 3 aromatic rings. The third-order valence-electron chi connectivity index (χ3n) is 9.48. The van der Waals surface area contributed by atoms with Gasteiger partial charge in [-0.05, 0) is 110 Å². The lowest BCUT2D eigenvalue weighted by Gasteiger charge is -2.24. The molecule has 282 valence electrons. The summed E-state index contributed by atoms with van der Waals surface area (Å²) in [6, 6.07) is 12.3. The van der Waals surface area contributed by atoms with Crippen LogP contribution >= 0.6 is 0 Å². The van der Waals surface area contributed by atoms with Crippen LogP contribution in [0.3, 0.4) is 0 Å². The maximum absolute atomic E-state index is 14.2. The van der Waals surface area contributed by atoms with Gasteiger partial charge in [-0.1, -0.05) is 131 Å². The quantitative estimate of drug-likeness (QED) is 0.222. The molecule has 1 heterocycles. The summed E-state index contributed by atoms with van der Waals surface area (Å²) < 4.78 is 14.2. The van der Waals surface area contributed by atoms with Gasteiger partial charge in [-0.2, -0.15) is 15.8 Å². The normalized spacial score (nSPS) is 11.3. The standard InChI is InChI=1S/C16H22FN.C16H23N.C15H22N2/c1-9(2)14-12(8-18)7-13(17)15(10(3)4)16(14)11(5)6;1-10(2)14-8-7-13(9-17)15(11(3)4)16(14)12(5)6;1-9(2)13-12(7-16)8-17-15(11(5)6)14(13)10(3)4/h7,9-11H,1-6H3;7-8,10-12H,1-6H3;8-11H,1-6H3. The number of aromatic nitrogens is 1. The number of nitriles is 3. The Morgan fingerprint density at radius 1 is 0.423 bits per heavy atom. The molecule has 0 aliphatic rings. The lowest BCUT2D eigenvalue weighted by molar-refractivity contribution is 0.584. The smallest absolute Gasteiger partial charge is 0.128 e. The Morgan fingerprint density at radius 3 is 1.15 bits per heavy atom. The summed E-state index contributed by atoms with van der Waals surface area (Å²) in [4.78, 5) is 4.49. The highest BCUT2D eigenvalue weighted by Gasteiger charge is 2.24. The van der Waals surface area contributed by atoms with Gasteiger partial charge < -0.3 is 0 Å². The highest BCUT2D eigenvalue weighted by molar-refractivity contribution is 5.52. The molecule has 0 aliphatic heterocycles. The van der Waals surface area contributed by atoms with Crippen molar-refractivity contribution in [2.24, 2.45) is 0 Å². The van der Waals surface area contributed by atoms with Gasteiger partial charge in [0.15, 0.2) is 0 Å². The van der Waals surface area contributed by atoms with Gasteiger partial charge in [0.05, 0.1) is 28.8 Å². The van der Waals surface area contributed by atoms with E-state index < -0.39 is 0 Å². The van der Waals surface area contributed by atoms with E-state index >= 15 is 0 Å². The van der Waals surface area contributed by atoms with Gasteiger partial charge in [0.1, 0.15) is 11.9 Å². The van der Waals surface area contributed by atoms with Crippen LogP contribution in [-0.4, -0.2) is 4.98 Å². The van der Waals surface area contributed by atoms with Crippen LogP contribution in [0.25, 0.3) is 0 Å². The number of rotatable bonds is 9.